The number of nitrogens with zero attached hydrogens (tertiary/aromatic N) is 2. The molecule has 0 saturated heterocycles. The Labute approximate surface area is 86.5 Å². The Morgan fingerprint density at radius 2 is 2.21 bits per heavy atom. The molecule has 0 aliphatic heterocycles. The Kier molecular flexibility index (Phi) is 4.14. The van der Waals surface area contributed by atoms with E-state index in [-0.39, 0.29) is 0 Å². The molecule has 80 valence electrons. The third-order valence-electron chi connectivity index (χ3n) is 2.35. The molecule has 0 aliphatic carbocycles. The van der Waals surface area contributed by atoms with Gasteiger partial charge in [-0.25, -0.2) is 0 Å². The van der Waals surface area contributed by atoms with Gasteiger partial charge in [0.05, 0.1) is 5.69 Å². The lowest BCUT2D eigenvalue weighted by molar-refractivity contribution is 0.485. The van der Waals surface area contributed by atoms with Gasteiger partial charge in [0.15, 0.2) is 0 Å². The predicted molar refractivity (Wildman–Crippen MR) is 59.2 cm³/mol. The van der Waals surface area contributed by atoms with Gasteiger partial charge in [-0.2, -0.15) is 5.10 Å². The molecule has 0 radical (unpaired) electrons. The minimum absolute atomic E-state index is 0.743. The SMILES string of the molecule is CNCc1cn(CCC(C)C)nc1C. The minimum atomic E-state index is 0.743. The van der Waals surface area contributed by atoms with Crippen molar-refractivity contribution in [1.82, 2.24) is 15.1 Å². The molecule has 0 bridgehead atoms. The minimum Gasteiger partial charge on any atom is -0.316 e. The van der Waals surface area contributed by atoms with Gasteiger partial charge < -0.3 is 5.32 Å². The third kappa shape index (κ3) is 3.14. The van der Waals surface area contributed by atoms with Crippen LogP contribution >= 0.6 is 0 Å². The summed E-state index contributed by atoms with van der Waals surface area (Å²) in [5.74, 6) is 0.743. The van der Waals surface area contributed by atoms with E-state index >= 15 is 0 Å². The molecule has 0 fully saturated rings. The van der Waals surface area contributed by atoms with Crippen LogP contribution in [0.1, 0.15) is 31.5 Å². The maximum Gasteiger partial charge on any atom is 0.0638 e. The van der Waals surface area contributed by atoms with Crippen molar-refractivity contribution in [2.24, 2.45) is 5.92 Å². The van der Waals surface area contributed by atoms with Crippen molar-refractivity contribution in [3.63, 3.8) is 0 Å². The Hall–Kier alpha value is -0.830. The maximum absolute atomic E-state index is 4.48. The molecule has 1 rings (SSSR count). The smallest absolute Gasteiger partial charge is 0.0638 e. The maximum atomic E-state index is 4.48. The fourth-order valence-corrected chi connectivity index (χ4v) is 1.43. The normalized spacial score (nSPS) is 11.2. The zero-order valence-electron chi connectivity index (χ0n) is 9.67. The van der Waals surface area contributed by atoms with Crippen molar-refractivity contribution in [1.29, 1.82) is 0 Å². The fourth-order valence-electron chi connectivity index (χ4n) is 1.43. The van der Waals surface area contributed by atoms with Crippen molar-refractivity contribution >= 4 is 0 Å². The van der Waals surface area contributed by atoms with E-state index in [0.717, 1.165) is 24.7 Å². The van der Waals surface area contributed by atoms with E-state index in [0.29, 0.717) is 0 Å². The fraction of sp³-hybridized carbons (Fsp3) is 0.727. The van der Waals surface area contributed by atoms with E-state index in [1.165, 1.54) is 12.0 Å². The van der Waals surface area contributed by atoms with Crippen molar-refractivity contribution in [3.05, 3.63) is 17.5 Å². The summed E-state index contributed by atoms with van der Waals surface area (Å²) in [6, 6.07) is 0. The van der Waals surface area contributed by atoms with Crippen LogP contribution in [-0.2, 0) is 13.1 Å². The Balaban J connectivity index is 2.56. The molecule has 0 aromatic carbocycles. The van der Waals surface area contributed by atoms with E-state index in [9.17, 15) is 0 Å². The van der Waals surface area contributed by atoms with Gasteiger partial charge in [-0.3, -0.25) is 4.68 Å². The number of hydrogen-bond donors (Lipinski definition) is 1. The summed E-state index contributed by atoms with van der Waals surface area (Å²) >= 11 is 0. The molecular formula is C11H21N3. The predicted octanol–water partition coefficient (Wildman–Crippen LogP) is 1.96. The summed E-state index contributed by atoms with van der Waals surface area (Å²) in [6.45, 7) is 8.49. The van der Waals surface area contributed by atoms with Crippen molar-refractivity contribution in [3.8, 4) is 0 Å². The highest BCUT2D eigenvalue weighted by Gasteiger charge is 2.03. The van der Waals surface area contributed by atoms with Gasteiger partial charge in [0.1, 0.15) is 0 Å². The van der Waals surface area contributed by atoms with Crippen LogP contribution in [0.2, 0.25) is 0 Å². The van der Waals surface area contributed by atoms with Gasteiger partial charge in [-0.15, -0.1) is 0 Å². The Bertz CT molecular complexity index is 276. The first-order valence-electron chi connectivity index (χ1n) is 5.31. The molecule has 3 heteroatoms. The first-order valence-corrected chi connectivity index (χ1v) is 5.31. The highest BCUT2D eigenvalue weighted by Crippen LogP contribution is 2.07. The standard InChI is InChI=1S/C11H21N3/c1-9(2)5-6-14-8-11(7-12-4)10(3)13-14/h8-9,12H,5-7H2,1-4H3. The van der Waals surface area contributed by atoms with E-state index in [1.54, 1.807) is 0 Å². The molecule has 1 aromatic rings. The molecule has 1 heterocycles. The lowest BCUT2D eigenvalue weighted by atomic mass is 10.1. The van der Waals surface area contributed by atoms with Crippen LogP contribution in [0.3, 0.4) is 0 Å². The Morgan fingerprint density at radius 3 is 2.79 bits per heavy atom. The van der Waals surface area contributed by atoms with Crippen LogP contribution in [0.4, 0.5) is 0 Å². The third-order valence-corrected chi connectivity index (χ3v) is 2.35. The molecule has 3 nitrogen and oxygen atoms in total. The van der Waals surface area contributed by atoms with Crippen LogP contribution in [0.5, 0.6) is 0 Å². The molecule has 0 saturated carbocycles. The molecule has 0 amide bonds. The first kappa shape index (κ1) is 11.2. The number of aryl methyl sites for hydroxylation is 2. The van der Waals surface area contributed by atoms with Gasteiger partial charge in [0.2, 0.25) is 0 Å². The van der Waals surface area contributed by atoms with Crippen molar-refractivity contribution in [2.75, 3.05) is 7.05 Å². The number of nitrogens with one attached hydrogen (secondary N) is 1. The molecule has 14 heavy (non-hydrogen) atoms. The van der Waals surface area contributed by atoms with Crippen molar-refractivity contribution < 1.29 is 0 Å². The second kappa shape index (κ2) is 5.15. The molecule has 0 unspecified atom stereocenters. The highest BCUT2D eigenvalue weighted by molar-refractivity contribution is 5.14. The lowest BCUT2D eigenvalue weighted by Crippen LogP contribution is -2.05. The average molecular weight is 195 g/mol. The summed E-state index contributed by atoms with van der Waals surface area (Å²) < 4.78 is 2.06. The molecule has 0 spiro atoms. The number of rotatable bonds is 5. The topological polar surface area (TPSA) is 29.9 Å². The first-order chi connectivity index (χ1) is 6.63. The van der Waals surface area contributed by atoms with Crippen LogP contribution in [0.15, 0.2) is 6.20 Å². The van der Waals surface area contributed by atoms with E-state index in [1.807, 2.05) is 7.05 Å². The molecular weight excluding hydrogens is 174 g/mol. The summed E-state index contributed by atoms with van der Waals surface area (Å²) in [5, 5.41) is 7.63. The summed E-state index contributed by atoms with van der Waals surface area (Å²) in [4.78, 5) is 0. The van der Waals surface area contributed by atoms with Crippen molar-refractivity contribution in [2.45, 2.75) is 40.3 Å². The second-order valence-corrected chi connectivity index (χ2v) is 4.22. The zero-order valence-corrected chi connectivity index (χ0v) is 9.67. The largest absolute Gasteiger partial charge is 0.316 e. The van der Waals surface area contributed by atoms with E-state index < -0.39 is 0 Å². The lowest BCUT2D eigenvalue weighted by Gasteiger charge is -2.03. The number of aromatic nitrogens is 2. The van der Waals surface area contributed by atoms with Gasteiger partial charge in [-0.1, -0.05) is 13.8 Å². The zero-order chi connectivity index (χ0) is 10.6. The van der Waals surface area contributed by atoms with Crippen LogP contribution in [-0.4, -0.2) is 16.8 Å². The van der Waals surface area contributed by atoms with Crippen LogP contribution in [0, 0.1) is 12.8 Å². The highest BCUT2D eigenvalue weighted by atomic mass is 15.3. The van der Waals surface area contributed by atoms with Gasteiger partial charge in [0, 0.05) is 24.8 Å². The quantitative estimate of drug-likeness (QED) is 0.778. The monoisotopic (exact) mass is 195 g/mol. The molecule has 1 aromatic heterocycles. The average Bonchev–Trinajstić information content (AvgIpc) is 2.45. The second-order valence-electron chi connectivity index (χ2n) is 4.22. The van der Waals surface area contributed by atoms with E-state index in [2.05, 4.69) is 42.1 Å². The molecule has 1 N–H and O–H groups in total. The molecule has 0 aliphatic rings. The van der Waals surface area contributed by atoms with E-state index in [4.69, 9.17) is 0 Å². The number of hydrogen-bond acceptors (Lipinski definition) is 2. The summed E-state index contributed by atoms with van der Waals surface area (Å²) in [6.07, 6.45) is 3.34. The van der Waals surface area contributed by atoms with Gasteiger partial charge in [0.25, 0.3) is 0 Å². The Morgan fingerprint density at radius 1 is 1.50 bits per heavy atom. The summed E-state index contributed by atoms with van der Waals surface area (Å²) in [5.41, 5.74) is 2.44. The summed E-state index contributed by atoms with van der Waals surface area (Å²) in [7, 11) is 1.96. The van der Waals surface area contributed by atoms with Crippen LogP contribution in [0.25, 0.3) is 0 Å². The van der Waals surface area contributed by atoms with Crippen LogP contribution < -0.4 is 5.32 Å². The molecule has 0 atom stereocenters. The van der Waals surface area contributed by atoms with Gasteiger partial charge >= 0.3 is 0 Å². The van der Waals surface area contributed by atoms with Gasteiger partial charge in [-0.05, 0) is 26.3 Å².